The lowest BCUT2D eigenvalue weighted by molar-refractivity contribution is -0.116. The smallest absolute Gasteiger partial charge is 0.254 e. The van der Waals surface area contributed by atoms with Crippen molar-refractivity contribution in [3.63, 3.8) is 0 Å². The van der Waals surface area contributed by atoms with Crippen molar-refractivity contribution in [3.05, 3.63) is 65.5 Å². The summed E-state index contributed by atoms with van der Waals surface area (Å²) in [4.78, 5) is 32.7. The van der Waals surface area contributed by atoms with Gasteiger partial charge in [0.15, 0.2) is 5.82 Å². The Balaban J connectivity index is 0.00000336. The molecule has 10 heteroatoms. The number of carbonyl (C=O) groups excluding carboxylic acids is 2. The van der Waals surface area contributed by atoms with E-state index in [9.17, 15) is 9.59 Å². The van der Waals surface area contributed by atoms with Crippen molar-refractivity contribution in [3.8, 4) is 28.4 Å². The normalized spacial score (nSPS) is 21.9. The highest BCUT2D eigenvalue weighted by atomic mass is 19.1. The molecule has 2 aliphatic heterocycles. The predicted octanol–water partition coefficient (Wildman–Crippen LogP) is 6.11. The molecule has 2 saturated carbocycles. The zero-order valence-electron chi connectivity index (χ0n) is 26.6. The van der Waals surface area contributed by atoms with Gasteiger partial charge in [-0.05, 0) is 97.0 Å². The van der Waals surface area contributed by atoms with E-state index in [-0.39, 0.29) is 25.3 Å². The third kappa shape index (κ3) is 4.48. The van der Waals surface area contributed by atoms with Crippen LogP contribution in [0, 0.1) is 17.7 Å². The molecule has 1 saturated heterocycles. The number of piperidine rings is 1. The molecule has 2 aromatic heterocycles. The van der Waals surface area contributed by atoms with Crippen LogP contribution in [0.1, 0.15) is 49.5 Å². The Labute approximate surface area is 273 Å². The first kappa shape index (κ1) is 28.5. The van der Waals surface area contributed by atoms with Crippen molar-refractivity contribution in [1.82, 2.24) is 19.0 Å². The van der Waals surface area contributed by atoms with Gasteiger partial charge in [0.2, 0.25) is 5.91 Å². The molecule has 2 amide bonds. The van der Waals surface area contributed by atoms with Crippen molar-refractivity contribution in [2.24, 2.45) is 24.6 Å². The van der Waals surface area contributed by atoms with Crippen molar-refractivity contribution in [2.45, 2.75) is 57.2 Å². The van der Waals surface area contributed by atoms with Gasteiger partial charge in [0.25, 0.3) is 5.91 Å². The molecule has 4 aliphatic rings. The summed E-state index contributed by atoms with van der Waals surface area (Å²) in [6, 6.07) is 15.8. The number of hydrogen-bond donors (Lipinski definition) is 2. The third-order valence-electron chi connectivity index (χ3n) is 11.0. The van der Waals surface area contributed by atoms with Crippen LogP contribution in [0.3, 0.4) is 0 Å². The number of ether oxygens (including phenoxy) is 1. The van der Waals surface area contributed by atoms with E-state index in [0.29, 0.717) is 53.7 Å². The van der Waals surface area contributed by atoms with Crippen molar-refractivity contribution < 1.29 is 20.1 Å². The van der Waals surface area contributed by atoms with Gasteiger partial charge in [0.1, 0.15) is 17.1 Å². The van der Waals surface area contributed by atoms with Crippen LogP contribution in [0.25, 0.3) is 44.6 Å². The maximum Gasteiger partial charge on any atom is 0.254 e. The van der Waals surface area contributed by atoms with E-state index in [1.54, 1.807) is 7.11 Å². The number of nitrogens with two attached hydrogens (primary N) is 1. The molecule has 2 aliphatic carbocycles. The monoisotopic (exact) mass is 634 g/mol. The van der Waals surface area contributed by atoms with Crippen LogP contribution in [-0.2, 0) is 24.8 Å². The van der Waals surface area contributed by atoms with Gasteiger partial charge in [-0.3, -0.25) is 9.59 Å². The summed E-state index contributed by atoms with van der Waals surface area (Å²) in [5.41, 5.74) is 13.4. The second kappa shape index (κ2) is 10.4. The van der Waals surface area contributed by atoms with Crippen LogP contribution in [0.15, 0.2) is 48.5 Å². The molecule has 3 aromatic carbocycles. The summed E-state index contributed by atoms with van der Waals surface area (Å²) >= 11 is 0. The van der Waals surface area contributed by atoms with Crippen LogP contribution in [0.5, 0.6) is 5.75 Å². The molecule has 0 radical (unpaired) electrons. The zero-order valence-corrected chi connectivity index (χ0v) is 26.6. The van der Waals surface area contributed by atoms with Gasteiger partial charge in [-0.1, -0.05) is 12.1 Å². The number of carbonyl (C=O) groups is 2. The lowest BCUT2D eigenvalue weighted by Gasteiger charge is -2.27. The molecule has 3 N–H and O–H groups in total. The van der Waals surface area contributed by atoms with Crippen LogP contribution in [0.4, 0.5) is 10.1 Å². The number of benzene rings is 3. The number of halogens is 1. The first-order valence-corrected chi connectivity index (χ1v) is 16.6. The van der Waals surface area contributed by atoms with Gasteiger partial charge >= 0.3 is 0 Å². The molecule has 0 spiro atoms. The van der Waals surface area contributed by atoms with Gasteiger partial charge in [-0.2, -0.15) is 0 Å². The maximum atomic E-state index is 15.1. The van der Waals surface area contributed by atoms with Gasteiger partial charge in [-0.15, -0.1) is 0 Å². The van der Waals surface area contributed by atoms with Gasteiger partial charge in [0.05, 0.1) is 24.0 Å². The van der Waals surface area contributed by atoms with E-state index in [0.717, 1.165) is 64.0 Å². The number of rotatable bonds is 6. The number of imidazole rings is 1. The zero-order chi connectivity index (χ0) is 32.1. The third-order valence-corrected chi connectivity index (χ3v) is 11.0. The van der Waals surface area contributed by atoms with Crippen molar-refractivity contribution in [2.75, 3.05) is 19.0 Å². The Kier molecular flexibility index (Phi) is 6.31. The maximum absolute atomic E-state index is 15.1. The van der Waals surface area contributed by atoms with E-state index in [1.807, 2.05) is 36.2 Å². The Hall–Kier alpha value is -4.70. The number of nitrogens with zero attached hydrogens (tertiary/aromatic N) is 4. The summed E-state index contributed by atoms with van der Waals surface area (Å²) in [6.45, 7) is 1.56. The Morgan fingerprint density at radius 2 is 1.94 bits per heavy atom. The molecule has 2 bridgehead atoms. The highest BCUT2D eigenvalue weighted by Gasteiger charge is 2.47. The molecule has 242 valence electrons. The van der Waals surface area contributed by atoms with Gasteiger partial charge < -0.3 is 29.8 Å². The molecule has 3 atom stereocenters. The summed E-state index contributed by atoms with van der Waals surface area (Å²) in [5, 5.41) is 3.76. The highest BCUT2D eigenvalue weighted by molar-refractivity contribution is 6.01. The van der Waals surface area contributed by atoms with E-state index < -0.39 is 5.82 Å². The number of anilines is 1. The van der Waals surface area contributed by atoms with Crippen LogP contribution in [0.2, 0.25) is 0 Å². The summed E-state index contributed by atoms with van der Waals surface area (Å²) in [7, 11) is 3.62. The Bertz CT molecular complexity index is 2150. The highest BCUT2D eigenvalue weighted by Crippen LogP contribution is 2.41. The predicted molar refractivity (Wildman–Crippen MR) is 181 cm³/mol. The molecule has 2 unspecified atom stereocenters. The van der Waals surface area contributed by atoms with Crippen molar-refractivity contribution in [1.29, 1.82) is 0 Å². The van der Waals surface area contributed by atoms with Gasteiger partial charge in [-0.25, -0.2) is 9.37 Å². The SMILES string of the molecule is COc1cc(C(=O)N2CC3CCC2[C@@H]3N)cc2nc(-c3cc4ccc(-c5cc(F)c6c(c5)CCC(=O)N6)cc4n3CC3CC3)n(C)c12.[HH]. The van der Waals surface area contributed by atoms with Crippen LogP contribution < -0.4 is 15.8 Å². The number of amides is 2. The number of aryl methyl sites for hydroxylation is 2. The second-order valence-electron chi connectivity index (χ2n) is 13.9. The summed E-state index contributed by atoms with van der Waals surface area (Å²) in [5.74, 6) is 1.79. The number of nitrogens with one attached hydrogen (secondary N) is 1. The topological polar surface area (TPSA) is 107 Å². The Morgan fingerprint density at radius 3 is 2.68 bits per heavy atom. The molecular weight excluding hydrogens is 595 g/mol. The van der Waals surface area contributed by atoms with Crippen LogP contribution >= 0.6 is 0 Å². The van der Waals surface area contributed by atoms with Crippen LogP contribution in [-0.4, -0.2) is 56.6 Å². The number of fused-ring (bicyclic) bond motifs is 5. The van der Waals surface area contributed by atoms with E-state index in [1.165, 1.54) is 18.9 Å². The quantitative estimate of drug-likeness (QED) is 0.234. The molecule has 47 heavy (non-hydrogen) atoms. The Morgan fingerprint density at radius 1 is 1.09 bits per heavy atom. The van der Waals surface area contributed by atoms with Crippen molar-refractivity contribution >= 4 is 39.4 Å². The minimum Gasteiger partial charge on any atom is -0.494 e. The minimum absolute atomic E-state index is 0. The van der Waals surface area contributed by atoms with Gasteiger partial charge in [0, 0.05) is 56.5 Å². The summed E-state index contributed by atoms with van der Waals surface area (Å²) < 4.78 is 25.4. The van der Waals surface area contributed by atoms with E-state index in [2.05, 4.69) is 32.7 Å². The number of likely N-dealkylation sites (tertiary alicyclic amines) is 1. The average molecular weight is 635 g/mol. The fourth-order valence-corrected chi connectivity index (χ4v) is 8.26. The largest absolute Gasteiger partial charge is 0.494 e. The summed E-state index contributed by atoms with van der Waals surface area (Å²) in [6.07, 6.45) is 5.29. The lowest BCUT2D eigenvalue weighted by Crippen LogP contribution is -2.41. The molecular formula is C37H39FN6O3. The first-order chi connectivity index (χ1) is 22.8. The molecule has 9 nitrogen and oxygen atoms in total. The van der Waals surface area contributed by atoms with E-state index >= 15 is 4.39 Å². The number of methoxy groups -OCH3 is 1. The molecule has 9 rings (SSSR count). The van der Waals surface area contributed by atoms with E-state index in [4.69, 9.17) is 15.5 Å². The fourth-order valence-electron chi connectivity index (χ4n) is 8.26. The number of aromatic nitrogens is 3. The lowest BCUT2D eigenvalue weighted by atomic mass is 9.96. The fraction of sp³-hybridized carbons (Fsp3) is 0.378. The first-order valence-electron chi connectivity index (χ1n) is 16.6. The molecule has 3 fully saturated rings. The minimum atomic E-state index is -0.411. The number of hydrogen-bond acceptors (Lipinski definition) is 5. The second-order valence-corrected chi connectivity index (χ2v) is 13.9. The standard InChI is InChI=1S/C37H37FN6O3.H2/c1-42-35-27(13-25(16-31(35)47-2)37(46)44-18-23-7-9-28(44)33(23)39)40-36(42)30-15-21-6-5-20(14-29(21)43(30)17-19-3-4-19)24-11-22-8-10-32(45)41-34(22)26(38)12-24;/h5-6,11-16,19,23,28,33H,3-4,7-10,17-18,39H2,1-2H3,(H,41,45);1H/t23?,28?,33-;/m1./s1. The molecule has 5 aromatic rings. The molecule has 4 heterocycles. The average Bonchev–Trinajstić information content (AvgIpc) is 3.48.